The number of benzene rings is 2. The second kappa shape index (κ2) is 5.34. The van der Waals surface area contributed by atoms with Gasteiger partial charge in [0.25, 0.3) is 10.0 Å². The zero-order valence-electron chi connectivity index (χ0n) is 11.1. The van der Waals surface area contributed by atoms with Crippen molar-refractivity contribution in [1.82, 2.24) is 0 Å². The monoisotopic (exact) mass is 310 g/mol. The van der Waals surface area contributed by atoms with Crippen LogP contribution in [-0.4, -0.2) is 8.42 Å². The first kappa shape index (κ1) is 14.7. The van der Waals surface area contributed by atoms with Crippen LogP contribution in [0, 0.1) is 13.8 Å². The van der Waals surface area contributed by atoms with Gasteiger partial charge in [0.05, 0.1) is 11.4 Å². The number of rotatable bonds is 3. The van der Waals surface area contributed by atoms with Crippen molar-refractivity contribution in [3.05, 3.63) is 52.5 Å². The molecule has 0 amide bonds. The van der Waals surface area contributed by atoms with E-state index < -0.39 is 10.0 Å². The van der Waals surface area contributed by atoms with E-state index >= 15 is 0 Å². The Balaban J connectivity index is 2.49. The molecule has 0 aliphatic carbocycles. The lowest BCUT2D eigenvalue weighted by molar-refractivity contribution is 0.601. The smallest absolute Gasteiger partial charge is 0.264 e. The number of nitrogens with two attached hydrogens (primary N) is 1. The van der Waals surface area contributed by atoms with E-state index in [9.17, 15) is 8.42 Å². The predicted octanol–water partition coefficient (Wildman–Crippen LogP) is 3.34. The molecule has 0 fully saturated rings. The molecule has 0 aliphatic rings. The first-order valence-corrected chi connectivity index (χ1v) is 7.81. The molecule has 106 valence electrons. The Morgan fingerprint density at radius 3 is 2.50 bits per heavy atom. The molecule has 2 rings (SSSR count). The van der Waals surface area contributed by atoms with E-state index in [2.05, 4.69) is 4.72 Å². The summed E-state index contributed by atoms with van der Waals surface area (Å²) in [6, 6.07) is 9.90. The van der Waals surface area contributed by atoms with Crippen LogP contribution in [-0.2, 0) is 10.0 Å². The third-order valence-corrected chi connectivity index (χ3v) is 4.87. The van der Waals surface area contributed by atoms with Crippen molar-refractivity contribution >= 4 is 33.0 Å². The maximum Gasteiger partial charge on any atom is 0.264 e. The zero-order valence-corrected chi connectivity index (χ0v) is 12.7. The Bertz CT molecular complexity index is 758. The van der Waals surface area contributed by atoms with Crippen LogP contribution in [0.2, 0.25) is 5.02 Å². The van der Waals surface area contributed by atoms with Gasteiger partial charge < -0.3 is 5.73 Å². The number of halogens is 1. The molecule has 6 heteroatoms. The highest BCUT2D eigenvalue weighted by Gasteiger charge is 2.21. The summed E-state index contributed by atoms with van der Waals surface area (Å²) in [6.45, 7) is 3.57. The minimum atomic E-state index is -3.75. The third kappa shape index (κ3) is 2.89. The van der Waals surface area contributed by atoms with Gasteiger partial charge in [-0.3, -0.25) is 4.72 Å². The molecule has 0 spiro atoms. The van der Waals surface area contributed by atoms with Crippen molar-refractivity contribution < 1.29 is 8.42 Å². The summed E-state index contributed by atoms with van der Waals surface area (Å²) >= 11 is 5.85. The molecule has 2 aromatic rings. The fourth-order valence-electron chi connectivity index (χ4n) is 1.93. The summed E-state index contributed by atoms with van der Waals surface area (Å²) in [7, 11) is -3.75. The van der Waals surface area contributed by atoms with Crippen LogP contribution in [0.25, 0.3) is 0 Å². The normalized spacial score (nSPS) is 11.3. The maximum absolute atomic E-state index is 12.5. The van der Waals surface area contributed by atoms with Gasteiger partial charge in [0.1, 0.15) is 4.90 Å². The topological polar surface area (TPSA) is 72.2 Å². The third-order valence-electron chi connectivity index (χ3n) is 3.05. The van der Waals surface area contributed by atoms with E-state index in [0.717, 1.165) is 5.56 Å². The van der Waals surface area contributed by atoms with Crippen molar-refractivity contribution in [3.63, 3.8) is 0 Å². The van der Waals surface area contributed by atoms with E-state index in [0.29, 0.717) is 16.3 Å². The Morgan fingerprint density at radius 2 is 1.85 bits per heavy atom. The van der Waals surface area contributed by atoms with Gasteiger partial charge in [0.2, 0.25) is 0 Å². The van der Waals surface area contributed by atoms with E-state index in [1.165, 1.54) is 0 Å². The first-order chi connectivity index (χ1) is 9.31. The summed E-state index contributed by atoms with van der Waals surface area (Å²) in [5.74, 6) is 0. The molecule has 20 heavy (non-hydrogen) atoms. The second-order valence-corrected chi connectivity index (χ2v) is 6.60. The van der Waals surface area contributed by atoms with Gasteiger partial charge in [-0.05, 0) is 49.2 Å². The molecule has 0 unspecified atom stereocenters. The Labute approximate surface area is 123 Å². The molecule has 4 nitrogen and oxygen atoms in total. The molecule has 0 aliphatic heterocycles. The summed E-state index contributed by atoms with van der Waals surface area (Å²) in [5, 5.41) is 0.458. The summed E-state index contributed by atoms with van der Waals surface area (Å²) in [6.07, 6.45) is 0. The number of aryl methyl sites for hydroxylation is 1. The quantitative estimate of drug-likeness (QED) is 0.854. The molecule has 0 radical (unpaired) electrons. The lowest BCUT2D eigenvalue weighted by atomic mass is 10.1. The van der Waals surface area contributed by atoms with Crippen LogP contribution < -0.4 is 10.5 Å². The second-order valence-electron chi connectivity index (χ2n) is 4.54. The van der Waals surface area contributed by atoms with Crippen LogP contribution in [0.5, 0.6) is 0 Å². The van der Waals surface area contributed by atoms with Crippen molar-refractivity contribution in [2.45, 2.75) is 18.7 Å². The van der Waals surface area contributed by atoms with Crippen molar-refractivity contribution in [2.75, 3.05) is 10.5 Å². The average molecular weight is 311 g/mol. The summed E-state index contributed by atoms with van der Waals surface area (Å²) in [4.78, 5) is 0.109. The number of anilines is 2. The average Bonchev–Trinajstić information content (AvgIpc) is 2.33. The summed E-state index contributed by atoms with van der Waals surface area (Å²) < 4.78 is 27.4. The highest BCUT2D eigenvalue weighted by molar-refractivity contribution is 7.93. The molecular formula is C14H15ClN2O2S. The number of hydrogen-bond donors (Lipinski definition) is 2. The van der Waals surface area contributed by atoms with Gasteiger partial charge >= 0.3 is 0 Å². The molecule has 0 saturated carbocycles. The number of hydrogen-bond acceptors (Lipinski definition) is 3. The molecule has 0 heterocycles. The molecule has 0 saturated heterocycles. The first-order valence-electron chi connectivity index (χ1n) is 5.95. The number of nitrogens with one attached hydrogen (secondary N) is 1. The van der Waals surface area contributed by atoms with Crippen LogP contribution in [0.15, 0.2) is 41.3 Å². The minimum Gasteiger partial charge on any atom is -0.398 e. The van der Waals surface area contributed by atoms with Gasteiger partial charge in [-0.2, -0.15) is 0 Å². The molecule has 2 aromatic carbocycles. The highest BCUT2D eigenvalue weighted by Crippen LogP contribution is 2.27. The van der Waals surface area contributed by atoms with Crippen LogP contribution in [0.1, 0.15) is 11.1 Å². The van der Waals surface area contributed by atoms with Gasteiger partial charge in [-0.15, -0.1) is 0 Å². The molecule has 0 bridgehead atoms. The van der Waals surface area contributed by atoms with E-state index in [1.54, 1.807) is 43.3 Å². The Hall–Kier alpha value is -1.72. The highest BCUT2D eigenvalue weighted by atomic mass is 35.5. The molecule has 3 N–H and O–H groups in total. The number of sulfonamides is 1. The lowest BCUT2D eigenvalue weighted by Gasteiger charge is -2.14. The standard InChI is InChI=1S/C14H15ClN2O2S/c1-9-6-7-13(16)14(10(9)2)20(18,19)17-12-5-3-4-11(15)8-12/h3-8,17H,16H2,1-2H3. The van der Waals surface area contributed by atoms with Crippen molar-refractivity contribution in [3.8, 4) is 0 Å². The van der Waals surface area contributed by atoms with Crippen molar-refractivity contribution in [2.24, 2.45) is 0 Å². The molecule has 0 atom stereocenters. The van der Waals surface area contributed by atoms with Gasteiger partial charge in [-0.1, -0.05) is 23.7 Å². The van der Waals surface area contributed by atoms with E-state index in [4.69, 9.17) is 17.3 Å². The minimum absolute atomic E-state index is 0.109. The summed E-state index contributed by atoms with van der Waals surface area (Å²) in [5.41, 5.74) is 7.94. The fourth-order valence-corrected chi connectivity index (χ4v) is 3.60. The van der Waals surface area contributed by atoms with Crippen LogP contribution in [0.4, 0.5) is 11.4 Å². The van der Waals surface area contributed by atoms with Crippen LogP contribution in [0.3, 0.4) is 0 Å². The Morgan fingerprint density at radius 1 is 1.15 bits per heavy atom. The fraction of sp³-hybridized carbons (Fsp3) is 0.143. The van der Waals surface area contributed by atoms with Crippen LogP contribution >= 0.6 is 11.6 Å². The molecular weight excluding hydrogens is 296 g/mol. The van der Waals surface area contributed by atoms with Gasteiger partial charge in [0.15, 0.2) is 0 Å². The zero-order chi connectivity index (χ0) is 14.9. The predicted molar refractivity (Wildman–Crippen MR) is 82.6 cm³/mol. The maximum atomic E-state index is 12.5. The number of nitrogen functional groups attached to an aromatic ring is 1. The largest absolute Gasteiger partial charge is 0.398 e. The van der Waals surface area contributed by atoms with E-state index in [1.807, 2.05) is 6.92 Å². The van der Waals surface area contributed by atoms with Crippen molar-refractivity contribution in [1.29, 1.82) is 0 Å². The van der Waals surface area contributed by atoms with Gasteiger partial charge in [-0.25, -0.2) is 8.42 Å². The lowest BCUT2D eigenvalue weighted by Crippen LogP contribution is -2.16. The SMILES string of the molecule is Cc1ccc(N)c(S(=O)(=O)Nc2cccc(Cl)c2)c1C. The van der Waals surface area contributed by atoms with Gasteiger partial charge in [0, 0.05) is 5.02 Å². The molecule has 0 aromatic heterocycles. The Kier molecular flexibility index (Phi) is 3.92. The van der Waals surface area contributed by atoms with E-state index in [-0.39, 0.29) is 10.6 Å².